The zero-order valence-corrected chi connectivity index (χ0v) is 20.2. The molecule has 3 aliphatic rings. The Morgan fingerprint density at radius 1 is 0.778 bits per heavy atom. The van der Waals surface area contributed by atoms with Crippen LogP contribution in [0.5, 0.6) is 0 Å². The Morgan fingerprint density at radius 3 is 2.36 bits per heavy atom. The number of unbranched alkanes of at least 4 members (excludes halogenated alkanes) is 2. The quantitative estimate of drug-likeness (QED) is 0.470. The molecule has 1 atom stereocenters. The van der Waals surface area contributed by atoms with Crippen LogP contribution in [0.3, 0.4) is 0 Å². The van der Waals surface area contributed by atoms with E-state index < -0.39 is 6.17 Å². The van der Waals surface area contributed by atoms with Crippen molar-refractivity contribution < 1.29 is 14.4 Å². The average Bonchev–Trinajstić information content (AvgIpc) is 3.22. The molecule has 0 saturated carbocycles. The van der Waals surface area contributed by atoms with E-state index in [2.05, 4.69) is 18.2 Å². The minimum absolute atomic E-state index is 0.0422. The molecule has 0 N–H and O–H groups in total. The first-order chi connectivity index (χ1) is 17.6. The third-order valence-corrected chi connectivity index (χ3v) is 7.66. The van der Waals surface area contributed by atoms with Gasteiger partial charge in [-0.25, -0.2) is 0 Å². The number of rotatable bonds is 6. The van der Waals surface area contributed by atoms with Crippen LogP contribution in [0.4, 0.5) is 5.69 Å². The molecule has 0 spiro atoms. The number of fused-ring (bicyclic) bond motifs is 6. The summed E-state index contributed by atoms with van der Waals surface area (Å²) in [4.78, 5) is 45.1. The van der Waals surface area contributed by atoms with E-state index in [1.807, 2.05) is 58.3 Å². The molecule has 3 aromatic rings. The van der Waals surface area contributed by atoms with Crippen LogP contribution in [0, 0.1) is 0 Å². The minimum Gasteiger partial charge on any atom is -0.338 e. The normalized spacial score (nSPS) is 18.0. The number of hydrogen-bond donors (Lipinski definition) is 0. The molecule has 3 amide bonds. The molecule has 3 aromatic carbocycles. The number of carbonyl (C=O) groups is 3. The van der Waals surface area contributed by atoms with Gasteiger partial charge in [-0.15, -0.1) is 0 Å². The third kappa shape index (κ3) is 3.77. The maximum Gasteiger partial charge on any atom is 0.260 e. The molecule has 0 fully saturated rings. The van der Waals surface area contributed by atoms with Crippen molar-refractivity contribution in [3.8, 4) is 0 Å². The smallest absolute Gasteiger partial charge is 0.260 e. The Kier molecular flexibility index (Phi) is 5.80. The third-order valence-electron chi connectivity index (χ3n) is 7.66. The van der Waals surface area contributed by atoms with Gasteiger partial charge in [-0.2, -0.15) is 0 Å². The van der Waals surface area contributed by atoms with Crippen LogP contribution in [0.25, 0.3) is 0 Å². The van der Waals surface area contributed by atoms with E-state index in [4.69, 9.17) is 0 Å². The predicted octanol–water partition coefficient (Wildman–Crippen LogP) is 4.95. The summed E-state index contributed by atoms with van der Waals surface area (Å²) in [6.07, 6.45) is 3.45. The Morgan fingerprint density at radius 2 is 1.50 bits per heavy atom. The fourth-order valence-electron chi connectivity index (χ4n) is 5.80. The molecule has 6 rings (SSSR count). The first kappa shape index (κ1) is 22.5. The molecular weight excluding hydrogens is 450 g/mol. The number of benzene rings is 3. The van der Waals surface area contributed by atoms with E-state index in [1.165, 1.54) is 11.1 Å². The van der Waals surface area contributed by atoms with Gasteiger partial charge in [0.15, 0.2) is 0 Å². The number of amides is 3. The molecule has 0 unspecified atom stereocenters. The van der Waals surface area contributed by atoms with Crippen LogP contribution in [0.1, 0.15) is 69.3 Å². The molecule has 0 bridgehead atoms. The van der Waals surface area contributed by atoms with Gasteiger partial charge < -0.3 is 9.80 Å². The van der Waals surface area contributed by atoms with Crippen molar-refractivity contribution in [3.63, 3.8) is 0 Å². The molecule has 0 saturated heterocycles. The maximum atomic E-state index is 13.5. The highest BCUT2D eigenvalue weighted by atomic mass is 16.2. The van der Waals surface area contributed by atoms with Crippen molar-refractivity contribution in [2.75, 3.05) is 18.0 Å². The molecule has 0 aliphatic carbocycles. The van der Waals surface area contributed by atoms with E-state index in [9.17, 15) is 14.4 Å². The van der Waals surface area contributed by atoms with E-state index in [1.54, 1.807) is 11.0 Å². The standard InChI is InChI=1S/C30H29N3O3/c34-27(31-19-17-21-10-3-4-11-22(21)20-31)16-2-1-9-18-32-28-23-12-5-6-13-24(23)30(36)33(28)26-15-8-7-14-25(26)29(32)35/h3-8,10-15,28H,1-2,9,16-20H2/t28-/m1/s1. The van der Waals surface area contributed by atoms with Crippen LogP contribution in [-0.4, -0.2) is 40.6 Å². The summed E-state index contributed by atoms with van der Waals surface area (Å²) >= 11 is 0. The monoisotopic (exact) mass is 479 g/mol. The van der Waals surface area contributed by atoms with E-state index >= 15 is 0 Å². The number of anilines is 1. The summed E-state index contributed by atoms with van der Waals surface area (Å²) < 4.78 is 0. The van der Waals surface area contributed by atoms with Gasteiger partial charge in [0.25, 0.3) is 11.8 Å². The first-order valence-corrected chi connectivity index (χ1v) is 12.8. The second-order valence-corrected chi connectivity index (χ2v) is 9.80. The van der Waals surface area contributed by atoms with Crippen molar-refractivity contribution in [2.24, 2.45) is 0 Å². The highest BCUT2D eigenvalue weighted by molar-refractivity contribution is 6.16. The Bertz CT molecular complexity index is 1350. The second-order valence-electron chi connectivity index (χ2n) is 9.80. The topological polar surface area (TPSA) is 60.9 Å². The molecular formula is C30H29N3O3. The summed E-state index contributed by atoms with van der Waals surface area (Å²) in [7, 11) is 0. The van der Waals surface area contributed by atoms with E-state index in [0.717, 1.165) is 37.8 Å². The van der Waals surface area contributed by atoms with Gasteiger partial charge in [0.1, 0.15) is 6.17 Å². The van der Waals surface area contributed by atoms with Crippen LogP contribution in [0.2, 0.25) is 0 Å². The van der Waals surface area contributed by atoms with Gasteiger partial charge in [0.05, 0.1) is 11.3 Å². The second kappa shape index (κ2) is 9.26. The zero-order chi connectivity index (χ0) is 24.6. The maximum absolute atomic E-state index is 13.5. The summed E-state index contributed by atoms with van der Waals surface area (Å²) in [6.45, 7) is 2.02. The Hall–Kier alpha value is -3.93. The van der Waals surface area contributed by atoms with Crippen LogP contribution < -0.4 is 4.90 Å². The highest BCUT2D eigenvalue weighted by Crippen LogP contribution is 2.45. The molecule has 0 radical (unpaired) electrons. The fourth-order valence-corrected chi connectivity index (χ4v) is 5.80. The number of hydrogen-bond acceptors (Lipinski definition) is 3. The van der Waals surface area contributed by atoms with Crippen LogP contribution >= 0.6 is 0 Å². The summed E-state index contributed by atoms with van der Waals surface area (Å²) in [5.41, 5.74) is 5.37. The number of nitrogens with zero attached hydrogens (tertiary/aromatic N) is 3. The van der Waals surface area contributed by atoms with Crippen molar-refractivity contribution in [1.29, 1.82) is 0 Å². The summed E-state index contributed by atoms with van der Waals surface area (Å²) in [6, 6.07) is 23.3. The largest absolute Gasteiger partial charge is 0.338 e. The van der Waals surface area contributed by atoms with Crippen molar-refractivity contribution in [1.82, 2.24) is 9.80 Å². The molecule has 182 valence electrons. The molecule has 36 heavy (non-hydrogen) atoms. The van der Waals surface area contributed by atoms with Gasteiger partial charge in [-0.05, 0) is 48.6 Å². The number of para-hydroxylation sites is 1. The SMILES string of the molecule is O=C(CCCCCN1C(=O)c2ccccc2N2C(=O)c3ccccc3[C@H]12)N1CCc2ccccc2C1. The Balaban J connectivity index is 1.10. The molecule has 3 heterocycles. The van der Waals surface area contributed by atoms with Gasteiger partial charge in [-0.1, -0.05) is 61.0 Å². The Labute approximate surface area is 211 Å². The van der Waals surface area contributed by atoms with E-state index in [0.29, 0.717) is 36.3 Å². The molecule has 6 heteroatoms. The lowest BCUT2D eigenvalue weighted by Crippen LogP contribution is -2.48. The average molecular weight is 480 g/mol. The predicted molar refractivity (Wildman–Crippen MR) is 138 cm³/mol. The van der Waals surface area contributed by atoms with Crippen LogP contribution in [0.15, 0.2) is 72.8 Å². The highest BCUT2D eigenvalue weighted by Gasteiger charge is 2.47. The molecule has 6 nitrogen and oxygen atoms in total. The van der Waals surface area contributed by atoms with Crippen LogP contribution in [-0.2, 0) is 17.8 Å². The fraction of sp³-hybridized carbons (Fsp3) is 0.300. The lowest BCUT2D eigenvalue weighted by atomic mass is 9.99. The molecule has 3 aliphatic heterocycles. The van der Waals surface area contributed by atoms with Gasteiger partial charge in [0, 0.05) is 37.2 Å². The zero-order valence-electron chi connectivity index (χ0n) is 20.2. The lowest BCUT2D eigenvalue weighted by molar-refractivity contribution is -0.132. The van der Waals surface area contributed by atoms with Gasteiger partial charge in [0.2, 0.25) is 5.91 Å². The van der Waals surface area contributed by atoms with Crippen molar-refractivity contribution in [2.45, 2.75) is 44.8 Å². The first-order valence-electron chi connectivity index (χ1n) is 12.8. The van der Waals surface area contributed by atoms with Crippen molar-refractivity contribution in [3.05, 3.63) is 101 Å². The van der Waals surface area contributed by atoms with E-state index in [-0.39, 0.29) is 17.7 Å². The molecule has 0 aromatic heterocycles. The number of carbonyl (C=O) groups excluding carboxylic acids is 3. The lowest BCUT2D eigenvalue weighted by Gasteiger charge is -2.41. The minimum atomic E-state index is -0.411. The van der Waals surface area contributed by atoms with Crippen molar-refractivity contribution >= 4 is 23.4 Å². The van der Waals surface area contributed by atoms with Gasteiger partial charge in [-0.3, -0.25) is 19.3 Å². The van der Waals surface area contributed by atoms with Gasteiger partial charge >= 0.3 is 0 Å². The summed E-state index contributed by atoms with van der Waals surface area (Å²) in [5, 5.41) is 0. The summed E-state index contributed by atoms with van der Waals surface area (Å²) in [5.74, 6) is 0.0997.